The van der Waals surface area contributed by atoms with Gasteiger partial charge in [-0.3, -0.25) is 10.1 Å². The number of amides is 2. The molecule has 2 aliphatic heterocycles. The van der Waals surface area contributed by atoms with Crippen LogP contribution in [-0.2, 0) is 14.3 Å². The summed E-state index contributed by atoms with van der Waals surface area (Å²) in [6.45, 7) is 4.75. The van der Waals surface area contributed by atoms with Crippen molar-refractivity contribution in [1.82, 2.24) is 20.4 Å². The molecule has 4 aliphatic rings. The number of aliphatic imine (C=N–C) groups is 1. The summed E-state index contributed by atoms with van der Waals surface area (Å²) in [5.41, 5.74) is -0.810. The molecule has 2 saturated heterocycles. The lowest BCUT2D eigenvalue weighted by Gasteiger charge is -2.31. The van der Waals surface area contributed by atoms with E-state index in [1.54, 1.807) is 0 Å². The van der Waals surface area contributed by atoms with Gasteiger partial charge in [-0.2, -0.15) is 5.26 Å². The molecule has 0 unspecified atom stereocenters. The molecule has 4 fully saturated rings. The Hall–Kier alpha value is -2.38. The molecule has 0 aromatic heterocycles. The molecule has 10 nitrogen and oxygen atoms in total. The zero-order chi connectivity index (χ0) is 28.2. The quantitative estimate of drug-likeness (QED) is 0.326. The summed E-state index contributed by atoms with van der Waals surface area (Å²) in [7, 11) is 2.14. The number of nitriles is 1. The number of nitrogens with one attached hydrogen (secondary N) is 2. The van der Waals surface area contributed by atoms with Crippen LogP contribution in [0.4, 0.5) is 4.79 Å². The van der Waals surface area contributed by atoms with Crippen molar-refractivity contribution in [2.75, 3.05) is 53.0 Å². The van der Waals surface area contributed by atoms with Gasteiger partial charge in [0.2, 0.25) is 11.9 Å². The smallest absolute Gasteiger partial charge is 0.413 e. The first-order valence-corrected chi connectivity index (χ1v) is 15.7. The minimum atomic E-state index is -0.810. The van der Waals surface area contributed by atoms with Crippen LogP contribution >= 0.6 is 0 Å². The second-order valence-corrected chi connectivity index (χ2v) is 12.3. The maximum atomic E-state index is 13.7. The van der Waals surface area contributed by atoms with Crippen LogP contribution in [0.2, 0.25) is 0 Å². The van der Waals surface area contributed by atoms with E-state index in [1.807, 2.05) is 4.90 Å². The van der Waals surface area contributed by atoms with Crippen molar-refractivity contribution in [3.05, 3.63) is 0 Å². The fourth-order valence-corrected chi connectivity index (χ4v) is 6.60. The number of rotatable bonds is 9. The van der Waals surface area contributed by atoms with E-state index in [0.29, 0.717) is 70.0 Å². The number of morpholine rings is 1. The van der Waals surface area contributed by atoms with Crippen LogP contribution in [-0.4, -0.2) is 92.4 Å². The van der Waals surface area contributed by atoms with Crippen LogP contribution in [0.3, 0.4) is 0 Å². The molecule has 0 radical (unpaired) electrons. The van der Waals surface area contributed by atoms with E-state index in [4.69, 9.17) is 14.5 Å². The number of carbonyl (C=O) groups excluding carboxylic acids is 2. The molecule has 2 aliphatic carbocycles. The fourth-order valence-electron chi connectivity index (χ4n) is 6.60. The normalized spacial score (nSPS) is 23.8. The molecule has 224 valence electrons. The molecule has 1 atom stereocenters. The van der Waals surface area contributed by atoms with Crippen LogP contribution in [0.15, 0.2) is 4.99 Å². The van der Waals surface area contributed by atoms with Gasteiger partial charge in [0.1, 0.15) is 11.6 Å². The van der Waals surface area contributed by atoms with Crippen LogP contribution in [0.1, 0.15) is 89.9 Å². The molecule has 2 saturated carbocycles. The van der Waals surface area contributed by atoms with Gasteiger partial charge >= 0.3 is 6.09 Å². The standard InChI is InChI=1S/C30H50N6O4/c1-35-16-11-25(12-17-35)13-20-40-29(38)33-28(36-18-21-39-22-19-36)32-26(10-9-24-7-3-2-4-8-24)27(37)34-30(23-31)14-5-6-15-30/h24-26H,2-22H2,1H3,(H,34,37)(H,32,33,38)/t26-/m0/s1. The number of alkyl carbamates (subject to hydrolysis) is 1. The van der Waals surface area contributed by atoms with Gasteiger partial charge in [-0.15, -0.1) is 0 Å². The van der Waals surface area contributed by atoms with Crippen molar-refractivity contribution in [3.8, 4) is 6.07 Å². The number of carbonyl (C=O) groups is 2. The second kappa shape index (κ2) is 15.6. The molecule has 0 aromatic carbocycles. The number of hydrogen-bond acceptors (Lipinski definition) is 7. The highest BCUT2D eigenvalue weighted by atomic mass is 16.5. The Morgan fingerprint density at radius 1 is 1.00 bits per heavy atom. The van der Waals surface area contributed by atoms with Gasteiger partial charge in [0, 0.05) is 13.1 Å². The number of hydrogen-bond donors (Lipinski definition) is 2. The largest absolute Gasteiger partial charge is 0.449 e. The first kappa shape index (κ1) is 30.6. The third-order valence-electron chi connectivity index (χ3n) is 9.31. The Bertz CT molecular complexity index is 879. The van der Waals surface area contributed by atoms with Crippen LogP contribution in [0.25, 0.3) is 0 Å². The summed E-state index contributed by atoms with van der Waals surface area (Å²) in [5.74, 6) is 1.32. The summed E-state index contributed by atoms with van der Waals surface area (Å²) in [4.78, 5) is 35.7. The van der Waals surface area contributed by atoms with Gasteiger partial charge in [-0.1, -0.05) is 32.1 Å². The molecule has 4 rings (SSSR count). The highest BCUT2D eigenvalue weighted by Crippen LogP contribution is 2.31. The molecular weight excluding hydrogens is 508 g/mol. The van der Waals surface area contributed by atoms with Gasteiger partial charge in [0.15, 0.2) is 0 Å². The topological polar surface area (TPSA) is 119 Å². The highest BCUT2D eigenvalue weighted by Gasteiger charge is 2.37. The number of likely N-dealkylation sites (tertiary alicyclic amines) is 1. The molecular formula is C30H50N6O4. The molecule has 2 N–H and O–H groups in total. The van der Waals surface area contributed by atoms with Gasteiger partial charge < -0.3 is 24.6 Å². The van der Waals surface area contributed by atoms with E-state index in [-0.39, 0.29) is 5.91 Å². The highest BCUT2D eigenvalue weighted by molar-refractivity contribution is 5.96. The maximum absolute atomic E-state index is 13.7. The van der Waals surface area contributed by atoms with Crippen LogP contribution < -0.4 is 10.6 Å². The van der Waals surface area contributed by atoms with Crippen molar-refractivity contribution in [1.29, 1.82) is 5.26 Å². The summed E-state index contributed by atoms with van der Waals surface area (Å²) >= 11 is 0. The third kappa shape index (κ3) is 9.34. The average Bonchev–Trinajstić information content (AvgIpc) is 3.45. The Morgan fingerprint density at radius 2 is 1.68 bits per heavy atom. The number of piperidine rings is 1. The van der Waals surface area contributed by atoms with Crippen molar-refractivity contribution < 1.29 is 19.1 Å². The predicted octanol–water partition coefficient (Wildman–Crippen LogP) is 3.81. The Kier molecular flexibility index (Phi) is 11.9. The molecule has 40 heavy (non-hydrogen) atoms. The van der Waals surface area contributed by atoms with Crippen LogP contribution in [0, 0.1) is 23.2 Å². The number of nitrogens with zero attached hydrogens (tertiary/aromatic N) is 4. The van der Waals surface area contributed by atoms with Gasteiger partial charge in [0.05, 0.1) is 25.9 Å². The van der Waals surface area contributed by atoms with E-state index in [0.717, 1.165) is 51.6 Å². The zero-order valence-corrected chi connectivity index (χ0v) is 24.5. The summed E-state index contributed by atoms with van der Waals surface area (Å²) in [6.07, 6.45) is 13.5. The van der Waals surface area contributed by atoms with Crippen molar-refractivity contribution in [2.24, 2.45) is 16.8 Å². The van der Waals surface area contributed by atoms with Crippen LogP contribution in [0.5, 0.6) is 0 Å². The van der Waals surface area contributed by atoms with E-state index < -0.39 is 17.7 Å². The third-order valence-corrected chi connectivity index (χ3v) is 9.31. The lowest BCUT2D eigenvalue weighted by Crippen LogP contribution is -2.52. The minimum Gasteiger partial charge on any atom is -0.449 e. The average molecular weight is 559 g/mol. The molecule has 0 aromatic rings. The molecule has 0 bridgehead atoms. The van der Waals surface area contributed by atoms with E-state index >= 15 is 0 Å². The van der Waals surface area contributed by atoms with E-state index in [9.17, 15) is 14.9 Å². The summed E-state index contributed by atoms with van der Waals surface area (Å²) in [5, 5.41) is 15.8. The fraction of sp³-hybridized carbons (Fsp3) is 0.867. The van der Waals surface area contributed by atoms with Gasteiger partial charge in [-0.05, 0) is 89.8 Å². The SMILES string of the molecule is CN1CCC(CCOC(=O)NC(=N[C@@H](CCC2CCCCC2)C(=O)NC2(C#N)CCCC2)N2CCOCC2)CC1. The van der Waals surface area contributed by atoms with Gasteiger partial charge in [0.25, 0.3) is 0 Å². The zero-order valence-electron chi connectivity index (χ0n) is 24.5. The Balaban J connectivity index is 1.43. The second-order valence-electron chi connectivity index (χ2n) is 12.3. The first-order chi connectivity index (χ1) is 19.5. The minimum absolute atomic E-state index is 0.220. The van der Waals surface area contributed by atoms with E-state index in [1.165, 1.54) is 32.1 Å². The van der Waals surface area contributed by atoms with Crippen molar-refractivity contribution >= 4 is 18.0 Å². The maximum Gasteiger partial charge on any atom is 0.413 e. The Morgan fingerprint density at radius 3 is 2.35 bits per heavy atom. The lowest BCUT2D eigenvalue weighted by atomic mass is 9.85. The molecule has 10 heteroatoms. The van der Waals surface area contributed by atoms with Crippen molar-refractivity contribution in [3.63, 3.8) is 0 Å². The lowest BCUT2D eigenvalue weighted by molar-refractivity contribution is -0.123. The monoisotopic (exact) mass is 558 g/mol. The van der Waals surface area contributed by atoms with E-state index in [2.05, 4.69) is 28.7 Å². The van der Waals surface area contributed by atoms with Crippen molar-refractivity contribution in [2.45, 2.75) is 101 Å². The number of ether oxygens (including phenoxy) is 2. The summed E-state index contributed by atoms with van der Waals surface area (Å²) in [6, 6.07) is 1.69. The Labute approximate surface area is 240 Å². The molecule has 2 heterocycles. The number of guanidine groups is 1. The first-order valence-electron chi connectivity index (χ1n) is 15.7. The van der Waals surface area contributed by atoms with Gasteiger partial charge in [-0.25, -0.2) is 9.79 Å². The molecule has 2 amide bonds. The molecule has 0 spiro atoms. The predicted molar refractivity (Wildman–Crippen MR) is 154 cm³/mol. The summed E-state index contributed by atoms with van der Waals surface area (Å²) < 4.78 is 11.1.